The molecule has 9 heteroatoms. The van der Waals surface area contributed by atoms with Gasteiger partial charge in [0.2, 0.25) is 5.91 Å². The molecular weight excluding hydrogens is 377 g/mol. The quantitative estimate of drug-likeness (QED) is 0.583. The lowest BCUT2D eigenvalue weighted by atomic mass is 10.1. The molecule has 0 bridgehead atoms. The number of nitrogens with one attached hydrogen (secondary N) is 3. The molecule has 0 atom stereocenters. The molecular formula is C17H25Cl2N5O2. The monoisotopic (exact) mass is 401 g/mol. The van der Waals surface area contributed by atoms with E-state index in [-0.39, 0.29) is 42.7 Å². The van der Waals surface area contributed by atoms with E-state index in [1.165, 1.54) is 0 Å². The Morgan fingerprint density at radius 1 is 1.23 bits per heavy atom. The van der Waals surface area contributed by atoms with Gasteiger partial charge in [-0.2, -0.15) is 0 Å². The number of amides is 1. The summed E-state index contributed by atoms with van der Waals surface area (Å²) in [4.78, 5) is 35.4. The number of pyridine rings is 1. The average molecular weight is 402 g/mol. The van der Waals surface area contributed by atoms with Crippen molar-refractivity contribution in [3.05, 3.63) is 46.1 Å². The third-order valence-corrected chi connectivity index (χ3v) is 3.55. The Hall–Kier alpha value is -1.96. The van der Waals surface area contributed by atoms with Crippen LogP contribution in [0.1, 0.15) is 24.6 Å². The highest BCUT2D eigenvalue weighted by atomic mass is 35.5. The smallest absolute Gasteiger partial charge is 0.255 e. The molecule has 7 nitrogen and oxygen atoms in total. The summed E-state index contributed by atoms with van der Waals surface area (Å²) in [5.74, 6) is 0.274. The van der Waals surface area contributed by atoms with Crippen molar-refractivity contribution in [2.75, 3.05) is 19.6 Å². The van der Waals surface area contributed by atoms with E-state index in [0.29, 0.717) is 30.2 Å². The molecule has 0 aromatic carbocycles. The maximum Gasteiger partial charge on any atom is 0.255 e. The Balaban J connectivity index is 0.00000312. The maximum absolute atomic E-state index is 12.3. The summed E-state index contributed by atoms with van der Waals surface area (Å²) in [5.41, 5.74) is 1.38. The first kappa shape index (κ1) is 24.0. The van der Waals surface area contributed by atoms with Gasteiger partial charge in [0.25, 0.3) is 5.56 Å². The Labute approximate surface area is 165 Å². The number of hydrogen-bond acceptors (Lipinski definition) is 5. The standard InChI is InChI=1S/C17H23N5O2.2ClH/c1-3-6-18-8-9-20-15(23)10-14-12(2)21-16(22-17(14)24)13-5-4-7-19-11-13;;/h4-5,7,11,18H,3,6,8-10H2,1-2H3,(H,20,23)(H,21,22,24);2*1H. The molecule has 0 aliphatic rings. The van der Waals surface area contributed by atoms with Gasteiger partial charge >= 0.3 is 0 Å². The van der Waals surface area contributed by atoms with Crippen molar-refractivity contribution in [1.29, 1.82) is 0 Å². The van der Waals surface area contributed by atoms with Crippen molar-refractivity contribution in [2.45, 2.75) is 26.7 Å². The number of hydrogen-bond donors (Lipinski definition) is 3. The van der Waals surface area contributed by atoms with E-state index >= 15 is 0 Å². The molecule has 144 valence electrons. The first-order valence-electron chi connectivity index (χ1n) is 8.09. The highest BCUT2D eigenvalue weighted by Crippen LogP contribution is 2.12. The second kappa shape index (κ2) is 12.4. The molecule has 0 aliphatic heterocycles. The third kappa shape index (κ3) is 7.11. The number of halogens is 2. The lowest BCUT2D eigenvalue weighted by molar-refractivity contribution is -0.120. The van der Waals surface area contributed by atoms with Crippen LogP contribution in [0.5, 0.6) is 0 Å². The summed E-state index contributed by atoms with van der Waals surface area (Å²) < 4.78 is 0. The molecule has 2 aromatic heterocycles. The van der Waals surface area contributed by atoms with Gasteiger partial charge in [-0.1, -0.05) is 6.92 Å². The van der Waals surface area contributed by atoms with Crippen molar-refractivity contribution in [2.24, 2.45) is 0 Å². The fourth-order valence-corrected chi connectivity index (χ4v) is 2.27. The predicted octanol–water partition coefficient (Wildman–Crippen LogP) is 1.64. The molecule has 0 radical (unpaired) electrons. The van der Waals surface area contributed by atoms with Crippen LogP contribution in [-0.4, -0.2) is 40.5 Å². The van der Waals surface area contributed by atoms with E-state index in [1.807, 2.05) is 6.07 Å². The number of aromatic amines is 1. The minimum absolute atomic E-state index is 0. The molecule has 26 heavy (non-hydrogen) atoms. The van der Waals surface area contributed by atoms with E-state index in [0.717, 1.165) is 18.5 Å². The zero-order chi connectivity index (χ0) is 17.4. The number of carbonyl (C=O) groups excluding carboxylic acids is 1. The second-order valence-corrected chi connectivity index (χ2v) is 5.50. The van der Waals surface area contributed by atoms with Gasteiger partial charge in [0.1, 0.15) is 5.82 Å². The minimum atomic E-state index is -0.291. The summed E-state index contributed by atoms with van der Waals surface area (Å²) in [6.45, 7) is 6.00. The lowest BCUT2D eigenvalue weighted by Gasteiger charge is -2.08. The molecule has 0 saturated heterocycles. The highest BCUT2D eigenvalue weighted by molar-refractivity contribution is 5.85. The van der Waals surface area contributed by atoms with E-state index in [9.17, 15) is 9.59 Å². The van der Waals surface area contributed by atoms with Crippen molar-refractivity contribution in [3.8, 4) is 11.4 Å². The molecule has 2 heterocycles. The van der Waals surface area contributed by atoms with Crippen LogP contribution in [-0.2, 0) is 11.2 Å². The molecule has 3 N–H and O–H groups in total. The Kier molecular flexibility index (Phi) is 11.5. The zero-order valence-electron chi connectivity index (χ0n) is 14.9. The number of rotatable bonds is 8. The van der Waals surface area contributed by atoms with Gasteiger partial charge in [0.15, 0.2) is 0 Å². The third-order valence-electron chi connectivity index (χ3n) is 3.55. The number of H-pyrrole nitrogens is 1. The largest absolute Gasteiger partial charge is 0.355 e. The van der Waals surface area contributed by atoms with Crippen LogP contribution in [0.3, 0.4) is 0 Å². The van der Waals surface area contributed by atoms with Gasteiger partial charge in [0.05, 0.1) is 6.42 Å². The normalized spacial score (nSPS) is 9.77. The van der Waals surface area contributed by atoms with E-state index in [1.54, 1.807) is 25.4 Å². The Morgan fingerprint density at radius 3 is 2.62 bits per heavy atom. The second-order valence-electron chi connectivity index (χ2n) is 5.50. The van der Waals surface area contributed by atoms with Crippen LogP contribution in [0.4, 0.5) is 0 Å². The van der Waals surface area contributed by atoms with Crippen LogP contribution < -0.4 is 16.2 Å². The molecule has 0 saturated carbocycles. The Morgan fingerprint density at radius 2 is 2.00 bits per heavy atom. The van der Waals surface area contributed by atoms with Gasteiger partial charge in [0, 0.05) is 42.3 Å². The van der Waals surface area contributed by atoms with E-state index in [2.05, 4.69) is 32.5 Å². The summed E-state index contributed by atoms with van der Waals surface area (Å²) >= 11 is 0. The summed E-state index contributed by atoms with van der Waals surface area (Å²) in [6, 6.07) is 3.60. The van der Waals surface area contributed by atoms with Gasteiger partial charge in [-0.15, -0.1) is 24.8 Å². The molecule has 1 amide bonds. The van der Waals surface area contributed by atoms with Gasteiger partial charge in [-0.25, -0.2) is 4.98 Å². The van der Waals surface area contributed by atoms with Crippen LogP contribution in [0.2, 0.25) is 0 Å². The first-order chi connectivity index (χ1) is 11.6. The lowest BCUT2D eigenvalue weighted by Crippen LogP contribution is -2.34. The fraction of sp³-hybridized carbons (Fsp3) is 0.412. The topological polar surface area (TPSA) is 99.8 Å². The van der Waals surface area contributed by atoms with Gasteiger partial charge in [-0.05, 0) is 32.0 Å². The maximum atomic E-state index is 12.3. The SMILES string of the molecule is CCCNCCNC(=O)Cc1c(C)nc(-c2cccnc2)[nH]c1=O.Cl.Cl. The number of aromatic nitrogens is 3. The van der Waals surface area contributed by atoms with E-state index in [4.69, 9.17) is 0 Å². The molecule has 2 rings (SSSR count). The number of aryl methyl sites for hydroxylation is 1. The van der Waals surface area contributed by atoms with Crippen LogP contribution in [0.15, 0.2) is 29.3 Å². The predicted molar refractivity (Wildman–Crippen MR) is 107 cm³/mol. The van der Waals surface area contributed by atoms with Crippen LogP contribution in [0, 0.1) is 6.92 Å². The number of carbonyl (C=O) groups is 1. The number of nitrogens with zero attached hydrogens (tertiary/aromatic N) is 2. The summed E-state index contributed by atoms with van der Waals surface area (Å²) in [7, 11) is 0. The van der Waals surface area contributed by atoms with Crippen LogP contribution in [0.25, 0.3) is 11.4 Å². The average Bonchev–Trinajstić information content (AvgIpc) is 2.58. The molecule has 2 aromatic rings. The molecule has 0 unspecified atom stereocenters. The van der Waals surface area contributed by atoms with Crippen molar-refractivity contribution in [1.82, 2.24) is 25.6 Å². The fourth-order valence-electron chi connectivity index (χ4n) is 2.27. The van der Waals surface area contributed by atoms with Crippen LogP contribution >= 0.6 is 24.8 Å². The Bertz CT molecular complexity index is 738. The molecule has 0 aliphatic carbocycles. The van der Waals surface area contributed by atoms with Gasteiger partial charge < -0.3 is 15.6 Å². The summed E-state index contributed by atoms with van der Waals surface area (Å²) in [5, 5.41) is 6.00. The van der Waals surface area contributed by atoms with Crippen molar-refractivity contribution >= 4 is 30.7 Å². The highest BCUT2D eigenvalue weighted by Gasteiger charge is 2.13. The summed E-state index contributed by atoms with van der Waals surface area (Å²) in [6.07, 6.45) is 4.36. The molecule has 0 fully saturated rings. The van der Waals surface area contributed by atoms with Gasteiger partial charge in [-0.3, -0.25) is 14.6 Å². The zero-order valence-corrected chi connectivity index (χ0v) is 16.5. The van der Waals surface area contributed by atoms with Crippen molar-refractivity contribution in [3.63, 3.8) is 0 Å². The van der Waals surface area contributed by atoms with Crippen molar-refractivity contribution < 1.29 is 4.79 Å². The first-order valence-corrected chi connectivity index (χ1v) is 8.09. The minimum Gasteiger partial charge on any atom is -0.355 e. The molecule has 0 spiro atoms. The van der Waals surface area contributed by atoms with E-state index < -0.39 is 0 Å².